The van der Waals surface area contributed by atoms with Gasteiger partial charge < -0.3 is 9.32 Å². The third-order valence-corrected chi connectivity index (χ3v) is 5.16. The molecule has 7 nitrogen and oxygen atoms in total. The monoisotopic (exact) mass is 417 g/mol. The van der Waals surface area contributed by atoms with Gasteiger partial charge in [-0.1, -0.05) is 15.9 Å². The minimum absolute atomic E-state index is 0.128. The largest absolute Gasteiger partial charge is 0.459 e. The molecule has 0 spiro atoms. The Kier molecular flexibility index (Phi) is 4.37. The lowest BCUT2D eigenvalue weighted by atomic mass is 10.1. The summed E-state index contributed by atoms with van der Waals surface area (Å²) in [5.41, 5.74) is 1.06. The summed E-state index contributed by atoms with van der Waals surface area (Å²) in [6.07, 6.45) is 1.48. The van der Waals surface area contributed by atoms with E-state index in [1.165, 1.54) is 11.2 Å². The molecule has 26 heavy (non-hydrogen) atoms. The van der Waals surface area contributed by atoms with Crippen molar-refractivity contribution in [3.8, 4) is 0 Å². The van der Waals surface area contributed by atoms with Crippen molar-refractivity contribution in [2.24, 2.45) is 0 Å². The second-order valence-corrected chi connectivity index (χ2v) is 7.17. The summed E-state index contributed by atoms with van der Waals surface area (Å²) in [7, 11) is 0. The van der Waals surface area contributed by atoms with Crippen LogP contribution in [0.15, 0.2) is 45.5 Å². The maximum Gasteiger partial charge on any atom is 0.300 e. The molecule has 1 aromatic carbocycles. The maximum absolute atomic E-state index is 12.3. The smallest absolute Gasteiger partial charge is 0.300 e. The minimum Gasteiger partial charge on any atom is -0.459 e. The van der Waals surface area contributed by atoms with Gasteiger partial charge in [-0.15, -0.1) is 0 Å². The molecule has 2 aromatic rings. The second kappa shape index (κ2) is 6.69. The Balaban J connectivity index is 1.41. The highest BCUT2D eigenvalue weighted by Crippen LogP contribution is 2.31. The molecular formula is C18H16BrN3O4. The molecule has 2 aliphatic rings. The van der Waals surface area contributed by atoms with Gasteiger partial charge in [-0.3, -0.25) is 24.2 Å². The highest BCUT2D eigenvalue weighted by molar-refractivity contribution is 9.10. The van der Waals surface area contributed by atoms with Crippen LogP contribution in [0.4, 0.5) is 5.69 Å². The quantitative estimate of drug-likeness (QED) is 0.713. The molecule has 4 rings (SSSR count). The molecule has 0 unspecified atom stereocenters. The van der Waals surface area contributed by atoms with Crippen LogP contribution >= 0.6 is 15.9 Å². The van der Waals surface area contributed by atoms with Crippen LogP contribution in [-0.2, 0) is 4.79 Å². The molecule has 1 fully saturated rings. The summed E-state index contributed by atoms with van der Waals surface area (Å²) in [6.45, 7) is 2.67. The first-order valence-corrected chi connectivity index (χ1v) is 9.05. The van der Waals surface area contributed by atoms with Crippen molar-refractivity contribution in [2.45, 2.75) is 0 Å². The molecule has 134 valence electrons. The van der Waals surface area contributed by atoms with Gasteiger partial charge in [-0.2, -0.15) is 0 Å². The Morgan fingerprint density at radius 1 is 1.12 bits per heavy atom. The van der Waals surface area contributed by atoms with E-state index in [9.17, 15) is 14.4 Å². The van der Waals surface area contributed by atoms with Crippen LogP contribution in [0.2, 0.25) is 0 Å². The molecule has 0 N–H and O–H groups in total. The molecular weight excluding hydrogens is 402 g/mol. The highest BCUT2D eigenvalue weighted by atomic mass is 79.9. The zero-order chi connectivity index (χ0) is 18.3. The van der Waals surface area contributed by atoms with Crippen molar-refractivity contribution in [1.82, 2.24) is 9.80 Å². The number of ketones is 1. The second-order valence-electron chi connectivity index (χ2n) is 6.25. The SMILES string of the molecule is O=C1C(=O)N(CN2CCN(C(=O)c3ccco3)CC2)c2ccc(Br)cc21. The predicted octanol–water partition coefficient (Wildman–Crippen LogP) is 1.99. The van der Waals surface area contributed by atoms with Crippen LogP contribution in [0.3, 0.4) is 0 Å². The summed E-state index contributed by atoms with van der Waals surface area (Å²) < 4.78 is 5.93. The van der Waals surface area contributed by atoms with Crippen molar-refractivity contribution < 1.29 is 18.8 Å². The van der Waals surface area contributed by atoms with Gasteiger partial charge in [0.05, 0.1) is 24.2 Å². The standard InChI is InChI=1S/C18H16BrN3O4/c19-12-3-4-14-13(10-12)16(23)18(25)22(14)11-20-5-7-21(8-6-20)17(24)15-2-1-9-26-15/h1-4,9-10H,5-8,11H2. The summed E-state index contributed by atoms with van der Waals surface area (Å²) >= 11 is 3.33. The van der Waals surface area contributed by atoms with Gasteiger partial charge in [0.15, 0.2) is 5.76 Å². The molecule has 0 atom stereocenters. The van der Waals surface area contributed by atoms with Crippen molar-refractivity contribution in [3.63, 3.8) is 0 Å². The lowest BCUT2D eigenvalue weighted by Crippen LogP contribution is -2.52. The van der Waals surface area contributed by atoms with E-state index in [0.29, 0.717) is 49.9 Å². The van der Waals surface area contributed by atoms with E-state index < -0.39 is 11.7 Å². The zero-order valence-corrected chi connectivity index (χ0v) is 15.4. The van der Waals surface area contributed by atoms with Crippen molar-refractivity contribution in [1.29, 1.82) is 0 Å². The molecule has 3 heterocycles. The van der Waals surface area contributed by atoms with E-state index in [-0.39, 0.29) is 5.91 Å². The Morgan fingerprint density at radius 2 is 1.88 bits per heavy atom. The van der Waals surface area contributed by atoms with Crippen LogP contribution in [0.5, 0.6) is 0 Å². The zero-order valence-electron chi connectivity index (χ0n) is 13.9. The fourth-order valence-electron chi connectivity index (χ4n) is 3.26. The third-order valence-electron chi connectivity index (χ3n) is 4.67. The van der Waals surface area contributed by atoms with Gasteiger partial charge >= 0.3 is 5.91 Å². The van der Waals surface area contributed by atoms with Crippen LogP contribution in [0.1, 0.15) is 20.9 Å². The van der Waals surface area contributed by atoms with E-state index in [1.54, 1.807) is 29.2 Å². The number of nitrogens with zero attached hydrogens (tertiary/aromatic N) is 3. The van der Waals surface area contributed by atoms with Gasteiger partial charge in [0, 0.05) is 30.7 Å². The van der Waals surface area contributed by atoms with Gasteiger partial charge in [0.2, 0.25) is 0 Å². The fourth-order valence-corrected chi connectivity index (χ4v) is 3.62. The fraction of sp³-hybridized carbons (Fsp3) is 0.278. The maximum atomic E-state index is 12.3. The van der Waals surface area contributed by atoms with Gasteiger partial charge in [0.1, 0.15) is 0 Å². The van der Waals surface area contributed by atoms with E-state index in [4.69, 9.17) is 4.42 Å². The van der Waals surface area contributed by atoms with Crippen LogP contribution < -0.4 is 4.90 Å². The number of hydrogen-bond donors (Lipinski definition) is 0. The molecule has 8 heteroatoms. The van der Waals surface area contributed by atoms with Crippen LogP contribution in [0.25, 0.3) is 0 Å². The molecule has 2 amide bonds. The summed E-state index contributed by atoms with van der Waals surface area (Å²) in [4.78, 5) is 42.1. The minimum atomic E-state index is -0.507. The summed E-state index contributed by atoms with van der Waals surface area (Å²) in [5, 5.41) is 0. The van der Waals surface area contributed by atoms with Crippen molar-refractivity contribution in [3.05, 3.63) is 52.4 Å². The number of anilines is 1. The molecule has 0 radical (unpaired) electrons. The molecule has 1 saturated heterocycles. The molecule has 1 aromatic heterocycles. The molecule has 0 bridgehead atoms. The topological polar surface area (TPSA) is 74.1 Å². The first-order chi connectivity index (χ1) is 12.5. The van der Waals surface area contributed by atoms with Crippen LogP contribution in [0, 0.1) is 0 Å². The normalized spacial score (nSPS) is 17.7. The van der Waals surface area contributed by atoms with Gasteiger partial charge in [-0.25, -0.2) is 0 Å². The molecule has 0 aliphatic carbocycles. The predicted molar refractivity (Wildman–Crippen MR) is 97.0 cm³/mol. The van der Waals surface area contributed by atoms with Gasteiger partial charge in [0.25, 0.3) is 11.7 Å². The number of amides is 2. The van der Waals surface area contributed by atoms with Crippen molar-refractivity contribution >= 4 is 39.2 Å². The first kappa shape index (κ1) is 17.0. The Labute approximate surface area is 158 Å². The first-order valence-electron chi connectivity index (χ1n) is 8.25. The number of piperazine rings is 1. The summed E-state index contributed by atoms with van der Waals surface area (Å²) in [5.74, 6) is -0.782. The lowest BCUT2D eigenvalue weighted by molar-refractivity contribution is -0.114. The van der Waals surface area contributed by atoms with Gasteiger partial charge in [-0.05, 0) is 30.3 Å². The van der Waals surface area contributed by atoms with E-state index >= 15 is 0 Å². The Bertz CT molecular complexity index is 873. The van der Waals surface area contributed by atoms with Crippen molar-refractivity contribution in [2.75, 3.05) is 37.7 Å². The highest BCUT2D eigenvalue weighted by Gasteiger charge is 2.37. The average molecular weight is 418 g/mol. The lowest BCUT2D eigenvalue weighted by Gasteiger charge is -2.36. The number of carbonyl (C=O) groups is 3. The number of fused-ring (bicyclic) bond motifs is 1. The van der Waals surface area contributed by atoms with Crippen LogP contribution in [-0.4, -0.2) is 60.2 Å². The number of benzene rings is 1. The number of carbonyl (C=O) groups excluding carboxylic acids is 3. The number of halogens is 1. The third kappa shape index (κ3) is 2.95. The van der Waals surface area contributed by atoms with E-state index in [0.717, 1.165) is 4.47 Å². The van der Waals surface area contributed by atoms with E-state index in [2.05, 4.69) is 20.8 Å². The molecule has 0 saturated carbocycles. The Hall–Kier alpha value is -2.45. The number of rotatable bonds is 3. The number of Topliss-reactive ketones (excluding diaryl/α,β-unsaturated/α-hetero) is 1. The molecule has 2 aliphatic heterocycles. The number of hydrogen-bond acceptors (Lipinski definition) is 5. The average Bonchev–Trinajstić information content (AvgIpc) is 3.26. The number of furan rings is 1. The van der Waals surface area contributed by atoms with E-state index in [1.807, 2.05) is 6.07 Å². The Morgan fingerprint density at radius 3 is 2.58 bits per heavy atom. The summed E-state index contributed by atoms with van der Waals surface area (Å²) in [6, 6.07) is 8.61.